The fraction of sp³-hybridized carbons (Fsp3) is 0.636. The molecule has 0 radical (unpaired) electrons. The highest BCUT2D eigenvalue weighted by atomic mass is 16.1. The Labute approximate surface area is 89.7 Å². The lowest BCUT2D eigenvalue weighted by atomic mass is 9.87. The van der Waals surface area contributed by atoms with E-state index in [1.165, 1.54) is 0 Å². The van der Waals surface area contributed by atoms with E-state index >= 15 is 0 Å². The number of nitrogens with zero attached hydrogens (tertiary/aromatic N) is 2. The Balaban J connectivity index is 2.07. The van der Waals surface area contributed by atoms with E-state index in [9.17, 15) is 4.79 Å². The first-order chi connectivity index (χ1) is 7.16. The number of hydrogen-bond donors (Lipinski definition) is 1. The molecule has 2 unspecified atom stereocenters. The van der Waals surface area contributed by atoms with Crippen LogP contribution in [0.15, 0.2) is 12.4 Å². The molecule has 1 aromatic heterocycles. The van der Waals surface area contributed by atoms with Crippen molar-refractivity contribution in [3.05, 3.63) is 18.0 Å². The third-order valence-corrected chi connectivity index (χ3v) is 2.93. The number of nitrogens with one attached hydrogen (secondary N) is 1. The lowest BCUT2D eigenvalue weighted by Crippen LogP contribution is -2.38. The molecule has 2 atom stereocenters. The van der Waals surface area contributed by atoms with Crippen molar-refractivity contribution in [1.82, 2.24) is 15.1 Å². The van der Waals surface area contributed by atoms with E-state index in [2.05, 4.69) is 17.3 Å². The van der Waals surface area contributed by atoms with Crippen LogP contribution >= 0.6 is 0 Å². The number of rotatable bonds is 2. The lowest BCUT2D eigenvalue weighted by Gasteiger charge is -2.26. The van der Waals surface area contributed by atoms with Crippen molar-refractivity contribution in [1.29, 1.82) is 0 Å². The number of hydrogen-bond acceptors (Lipinski definition) is 3. The van der Waals surface area contributed by atoms with Crippen molar-refractivity contribution in [2.45, 2.75) is 13.3 Å². The number of ketones is 1. The van der Waals surface area contributed by atoms with Gasteiger partial charge >= 0.3 is 0 Å². The minimum atomic E-state index is 0.123. The van der Waals surface area contributed by atoms with E-state index < -0.39 is 0 Å². The average molecular weight is 207 g/mol. The predicted molar refractivity (Wildman–Crippen MR) is 57.7 cm³/mol. The fourth-order valence-electron chi connectivity index (χ4n) is 2.14. The summed E-state index contributed by atoms with van der Waals surface area (Å²) in [6.07, 6.45) is 4.43. The summed E-state index contributed by atoms with van der Waals surface area (Å²) in [7, 11) is 1.83. The fourth-order valence-corrected chi connectivity index (χ4v) is 2.14. The largest absolute Gasteiger partial charge is 0.316 e. The van der Waals surface area contributed by atoms with E-state index in [-0.39, 0.29) is 11.7 Å². The molecule has 1 aromatic rings. The molecule has 2 rings (SSSR count). The molecule has 1 fully saturated rings. The molecular formula is C11H17N3O. The number of carbonyl (C=O) groups is 1. The van der Waals surface area contributed by atoms with Crippen molar-refractivity contribution < 1.29 is 4.79 Å². The second kappa shape index (κ2) is 4.14. The second-order valence-electron chi connectivity index (χ2n) is 4.46. The summed E-state index contributed by atoms with van der Waals surface area (Å²) in [4.78, 5) is 12.1. The zero-order valence-corrected chi connectivity index (χ0v) is 9.23. The summed E-state index contributed by atoms with van der Waals surface area (Å²) < 4.78 is 1.67. The van der Waals surface area contributed by atoms with Gasteiger partial charge in [0.15, 0.2) is 5.78 Å². The van der Waals surface area contributed by atoms with Crippen LogP contribution in [0.3, 0.4) is 0 Å². The third kappa shape index (κ3) is 2.26. The Morgan fingerprint density at radius 1 is 1.60 bits per heavy atom. The Morgan fingerprint density at radius 3 is 3.00 bits per heavy atom. The molecule has 0 amide bonds. The Hall–Kier alpha value is -1.16. The molecule has 1 saturated heterocycles. The topological polar surface area (TPSA) is 46.9 Å². The standard InChI is InChI=1S/C11H17N3O/c1-8-3-9(5-12-4-8)11(15)10-6-13-14(2)7-10/h6-9,12H,3-5H2,1-2H3. The monoisotopic (exact) mass is 207 g/mol. The first kappa shape index (κ1) is 10.4. The average Bonchev–Trinajstić information content (AvgIpc) is 2.64. The second-order valence-corrected chi connectivity index (χ2v) is 4.46. The smallest absolute Gasteiger partial charge is 0.170 e. The van der Waals surface area contributed by atoms with Gasteiger partial charge in [-0.15, -0.1) is 0 Å². The Kier molecular flexibility index (Phi) is 2.86. The van der Waals surface area contributed by atoms with Crippen molar-refractivity contribution in [2.24, 2.45) is 18.9 Å². The highest BCUT2D eigenvalue weighted by Crippen LogP contribution is 2.19. The zero-order valence-electron chi connectivity index (χ0n) is 9.23. The molecule has 1 aliphatic rings. The number of aromatic nitrogens is 2. The quantitative estimate of drug-likeness (QED) is 0.731. The van der Waals surface area contributed by atoms with Crippen LogP contribution in [0, 0.1) is 11.8 Å². The first-order valence-electron chi connectivity index (χ1n) is 5.40. The molecule has 0 aliphatic carbocycles. The Bertz CT molecular complexity index is 358. The maximum absolute atomic E-state index is 12.1. The van der Waals surface area contributed by atoms with Gasteiger partial charge in [0, 0.05) is 25.7 Å². The van der Waals surface area contributed by atoms with Crippen LogP contribution in [0.5, 0.6) is 0 Å². The molecule has 1 N–H and O–H groups in total. The number of carbonyl (C=O) groups excluding carboxylic acids is 1. The molecule has 4 heteroatoms. The molecule has 4 nitrogen and oxygen atoms in total. The van der Waals surface area contributed by atoms with Gasteiger partial charge in [-0.25, -0.2) is 0 Å². The summed E-state index contributed by atoms with van der Waals surface area (Å²) >= 11 is 0. The number of Topliss-reactive ketones (excluding diaryl/α,β-unsaturated/α-hetero) is 1. The number of piperidine rings is 1. The van der Waals surface area contributed by atoms with E-state index in [1.807, 2.05) is 7.05 Å². The van der Waals surface area contributed by atoms with Gasteiger partial charge in [0.1, 0.15) is 0 Å². The minimum absolute atomic E-state index is 0.123. The Morgan fingerprint density at radius 2 is 2.40 bits per heavy atom. The summed E-state index contributed by atoms with van der Waals surface area (Å²) in [5.74, 6) is 0.935. The van der Waals surface area contributed by atoms with Gasteiger partial charge in [0.05, 0.1) is 11.8 Å². The molecule has 0 spiro atoms. The SMILES string of the molecule is CC1CNCC(C(=O)c2cnn(C)c2)C1. The summed E-state index contributed by atoms with van der Waals surface area (Å²) in [5.41, 5.74) is 0.735. The first-order valence-corrected chi connectivity index (χ1v) is 5.40. The summed E-state index contributed by atoms with van der Waals surface area (Å²) in [5, 5.41) is 7.32. The molecule has 15 heavy (non-hydrogen) atoms. The van der Waals surface area contributed by atoms with Crippen LogP contribution in [-0.2, 0) is 7.05 Å². The molecular weight excluding hydrogens is 190 g/mol. The van der Waals surface area contributed by atoms with Gasteiger partial charge in [-0.1, -0.05) is 6.92 Å². The minimum Gasteiger partial charge on any atom is -0.316 e. The lowest BCUT2D eigenvalue weighted by molar-refractivity contribution is 0.0881. The maximum atomic E-state index is 12.1. The van der Waals surface area contributed by atoms with E-state index in [0.717, 1.165) is 25.1 Å². The van der Waals surface area contributed by atoms with Gasteiger partial charge in [-0.3, -0.25) is 9.48 Å². The van der Waals surface area contributed by atoms with Crippen molar-refractivity contribution in [3.63, 3.8) is 0 Å². The van der Waals surface area contributed by atoms with Gasteiger partial charge in [-0.2, -0.15) is 5.10 Å². The van der Waals surface area contributed by atoms with Crippen molar-refractivity contribution in [3.8, 4) is 0 Å². The van der Waals surface area contributed by atoms with Crippen LogP contribution in [0.25, 0.3) is 0 Å². The van der Waals surface area contributed by atoms with Crippen LogP contribution in [0.2, 0.25) is 0 Å². The highest BCUT2D eigenvalue weighted by Gasteiger charge is 2.26. The van der Waals surface area contributed by atoms with Gasteiger partial charge < -0.3 is 5.32 Å². The zero-order chi connectivity index (χ0) is 10.8. The van der Waals surface area contributed by atoms with Gasteiger partial charge in [-0.05, 0) is 18.9 Å². The van der Waals surface area contributed by atoms with E-state index in [4.69, 9.17) is 0 Å². The molecule has 0 bridgehead atoms. The molecule has 82 valence electrons. The molecule has 0 aromatic carbocycles. The highest BCUT2D eigenvalue weighted by molar-refractivity contribution is 5.97. The van der Waals surface area contributed by atoms with Crippen molar-refractivity contribution in [2.75, 3.05) is 13.1 Å². The third-order valence-electron chi connectivity index (χ3n) is 2.93. The summed E-state index contributed by atoms with van der Waals surface area (Å²) in [6.45, 7) is 4.00. The van der Waals surface area contributed by atoms with Crippen LogP contribution in [-0.4, -0.2) is 28.7 Å². The van der Waals surface area contributed by atoms with Crippen LogP contribution in [0.4, 0.5) is 0 Å². The predicted octanol–water partition coefficient (Wildman–Crippen LogP) is 0.848. The normalized spacial score (nSPS) is 26.5. The van der Waals surface area contributed by atoms with Crippen LogP contribution in [0.1, 0.15) is 23.7 Å². The van der Waals surface area contributed by atoms with Crippen LogP contribution < -0.4 is 5.32 Å². The maximum Gasteiger partial charge on any atom is 0.170 e. The van der Waals surface area contributed by atoms with Gasteiger partial charge in [0.25, 0.3) is 0 Å². The van der Waals surface area contributed by atoms with Gasteiger partial charge in [0.2, 0.25) is 0 Å². The van der Waals surface area contributed by atoms with Crippen molar-refractivity contribution >= 4 is 5.78 Å². The molecule has 0 saturated carbocycles. The van der Waals surface area contributed by atoms with E-state index in [0.29, 0.717) is 5.92 Å². The van der Waals surface area contributed by atoms with E-state index in [1.54, 1.807) is 17.1 Å². The molecule has 2 heterocycles. The molecule has 1 aliphatic heterocycles. The number of aryl methyl sites for hydroxylation is 1. The summed E-state index contributed by atoms with van der Waals surface area (Å²) in [6, 6.07) is 0.